The number of nitrogens with one attached hydrogen (secondary N) is 1. The average Bonchev–Trinajstić information content (AvgIpc) is 3.04. The summed E-state index contributed by atoms with van der Waals surface area (Å²) in [6, 6.07) is 9.55. The molecule has 0 saturated heterocycles. The van der Waals surface area contributed by atoms with Crippen LogP contribution < -0.4 is 5.32 Å². The number of carbonyl (C=O) groups excluding carboxylic acids is 1. The van der Waals surface area contributed by atoms with Gasteiger partial charge in [0.15, 0.2) is 0 Å². The minimum absolute atomic E-state index is 0.0583. The van der Waals surface area contributed by atoms with Gasteiger partial charge in [0.1, 0.15) is 0 Å². The van der Waals surface area contributed by atoms with Crippen molar-refractivity contribution >= 4 is 23.1 Å². The van der Waals surface area contributed by atoms with Gasteiger partial charge >= 0.3 is 12.2 Å². The van der Waals surface area contributed by atoms with E-state index in [-0.39, 0.29) is 18.7 Å². The molecule has 1 heterocycles. The molecule has 2 aromatic rings. The third kappa shape index (κ3) is 4.99. The van der Waals surface area contributed by atoms with Crippen LogP contribution in [0.1, 0.15) is 16.9 Å². The fourth-order valence-electron chi connectivity index (χ4n) is 2.00. The smallest absolute Gasteiger partial charge is 0.318 e. The molecular weight excluding hydrogens is 339 g/mol. The minimum Gasteiger partial charge on any atom is -0.318 e. The first kappa shape index (κ1) is 17.8. The molecule has 0 bridgehead atoms. The quantitative estimate of drug-likeness (QED) is 0.846. The fourth-order valence-corrected chi connectivity index (χ4v) is 2.72. The molecule has 0 fully saturated rings. The van der Waals surface area contributed by atoms with Crippen LogP contribution in [0.4, 0.5) is 23.7 Å². The molecule has 1 aromatic carbocycles. The van der Waals surface area contributed by atoms with Crippen molar-refractivity contribution in [1.82, 2.24) is 4.90 Å². The van der Waals surface area contributed by atoms with E-state index in [1.54, 1.807) is 0 Å². The number of urea groups is 1. The third-order valence-electron chi connectivity index (χ3n) is 3.15. The van der Waals surface area contributed by atoms with E-state index in [1.807, 2.05) is 23.6 Å². The van der Waals surface area contributed by atoms with Crippen LogP contribution in [0.2, 0.25) is 0 Å². The number of nitrogens with zero attached hydrogens (tertiary/aromatic N) is 2. The van der Waals surface area contributed by atoms with Crippen molar-refractivity contribution < 1.29 is 18.0 Å². The molecule has 126 valence electrons. The molecule has 1 N–H and O–H groups in total. The Bertz CT molecular complexity index is 723. The fraction of sp³-hybridized carbons (Fsp3) is 0.250. The summed E-state index contributed by atoms with van der Waals surface area (Å²) in [5.74, 6) is 0. The number of hydrogen-bond acceptors (Lipinski definition) is 3. The van der Waals surface area contributed by atoms with E-state index in [0.717, 1.165) is 17.0 Å². The Morgan fingerprint density at radius 2 is 2.08 bits per heavy atom. The monoisotopic (exact) mass is 353 g/mol. The van der Waals surface area contributed by atoms with Crippen LogP contribution in [0.25, 0.3) is 0 Å². The molecule has 4 nitrogen and oxygen atoms in total. The van der Waals surface area contributed by atoms with Crippen LogP contribution in [0.5, 0.6) is 0 Å². The van der Waals surface area contributed by atoms with Gasteiger partial charge in [0.05, 0.1) is 24.6 Å². The van der Waals surface area contributed by atoms with Gasteiger partial charge in [0.2, 0.25) is 0 Å². The SMILES string of the molecule is N#CCCN(Cc1cccs1)C(=O)Nc1cccc(C(F)(F)F)c1. The van der Waals surface area contributed by atoms with Gasteiger partial charge in [-0.25, -0.2) is 4.79 Å². The zero-order chi connectivity index (χ0) is 17.6. The molecule has 0 radical (unpaired) electrons. The van der Waals surface area contributed by atoms with E-state index >= 15 is 0 Å². The number of amides is 2. The van der Waals surface area contributed by atoms with Crippen LogP contribution in [-0.2, 0) is 12.7 Å². The Kier molecular flexibility index (Phi) is 5.82. The topological polar surface area (TPSA) is 56.1 Å². The molecule has 2 amide bonds. The molecule has 0 aliphatic carbocycles. The van der Waals surface area contributed by atoms with Gasteiger partial charge in [0.25, 0.3) is 0 Å². The van der Waals surface area contributed by atoms with E-state index < -0.39 is 17.8 Å². The zero-order valence-electron chi connectivity index (χ0n) is 12.5. The number of anilines is 1. The minimum atomic E-state index is -4.47. The van der Waals surface area contributed by atoms with Gasteiger partial charge in [-0.3, -0.25) is 0 Å². The van der Waals surface area contributed by atoms with Gasteiger partial charge in [0, 0.05) is 17.1 Å². The van der Waals surface area contributed by atoms with Gasteiger partial charge in [-0.1, -0.05) is 12.1 Å². The highest BCUT2D eigenvalue weighted by Crippen LogP contribution is 2.30. The van der Waals surface area contributed by atoms with Crippen molar-refractivity contribution in [2.75, 3.05) is 11.9 Å². The molecule has 24 heavy (non-hydrogen) atoms. The van der Waals surface area contributed by atoms with Crippen LogP contribution >= 0.6 is 11.3 Å². The highest BCUT2D eigenvalue weighted by atomic mass is 32.1. The van der Waals surface area contributed by atoms with Gasteiger partial charge in [-0.2, -0.15) is 18.4 Å². The Morgan fingerprint density at radius 3 is 2.71 bits per heavy atom. The van der Waals surface area contributed by atoms with Crippen LogP contribution in [0.3, 0.4) is 0 Å². The predicted octanol–water partition coefficient (Wildman–Crippen LogP) is 4.71. The Morgan fingerprint density at radius 1 is 1.29 bits per heavy atom. The summed E-state index contributed by atoms with van der Waals surface area (Å²) in [5, 5.41) is 13.0. The maximum Gasteiger partial charge on any atom is 0.416 e. The molecule has 0 spiro atoms. The summed E-state index contributed by atoms with van der Waals surface area (Å²) in [5.41, 5.74) is -0.773. The second kappa shape index (κ2) is 7.84. The van der Waals surface area contributed by atoms with Crippen LogP contribution in [0.15, 0.2) is 41.8 Å². The lowest BCUT2D eigenvalue weighted by Gasteiger charge is -2.21. The Balaban J connectivity index is 2.10. The molecule has 0 unspecified atom stereocenters. The number of nitriles is 1. The number of hydrogen-bond donors (Lipinski definition) is 1. The summed E-state index contributed by atoms with van der Waals surface area (Å²) < 4.78 is 38.2. The maximum absolute atomic E-state index is 12.7. The largest absolute Gasteiger partial charge is 0.416 e. The normalized spacial score (nSPS) is 10.9. The van der Waals surface area contributed by atoms with E-state index in [1.165, 1.54) is 28.4 Å². The second-order valence-corrected chi connectivity index (χ2v) is 5.95. The Hall–Kier alpha value is -2.53. The summed E-state index contributed by atoms with van der Waals surface area (Å²) in [4.78, 5) is 14.7. The number of benzene rings is 1. The van der Waals surface area contributed by atoms with Crippen molar-refractivity contribution in [3.05, 3.63) is 52.2 Å². The summed E-state index contributed by atoms with van der Waals surface area (Å²) in [6.45, 7) is 0.489. The molecule has 0 saturated carbocycles. The molecule has 0 atom stereocenters. The number of carbonyl (C=O) groups is 1. The van der Waals surface area contributed by atoms with Crippen molar-refractivity contribution in [3.63, 3.8) is 0 Å². The zero-order valence-corrected chi connectivity index (χ0v) is 13.3. The first-order valence-electron chi connectivity index (χ1n) is 7.02. The van der Waals surface area contributed by atoms with Crippen LogP contribution in [0, 0.1) is 11.3 Å². The number of thiophene rings is 1. The van der Waals surface area contributed by atoms with E-state index in [4.69, 9.17) is 5.26 Å². The highest BCUT2D eigenvalue weighted by molar-refractivity contribution is 7.09. The van der Waals surface area contributed by atoms with Crippen molar-refractivity contribution in [2.45, 2.75) is 19.1 Å². The number of rotatable bonds is 5. The van der Waals surface area contributed by atoms with Gasteiger partial charge in [-0.05, 0) is 29.6 Å². The molecule has 0 aliphatic rings. The van der Waals surface area contributed by atoms with Crippen molar-refractivity contribution in [2.24, 2.45) is 0 Å². The standard InChI is InChI=1S/C16H14F3N3OS/c17-16(18,19)12-4-1-5-13(10-12)21-15(23)22(8-3-7-20)11-14-6-2-9-24-14/h1-2,4-6,9-10H,3,8,11H2,(H,21,23). The summed E-state index contributed by atoms with van der Waals surface area (Å²) in [7, 11) is 0. The van der Waals surface area contributed by atoms with Gasteiger partial charge in [-0.15, -0.1) is 11.3 Å². The van der Waals surface area contributed by atoms with E-state index in [0.29, 0.717) is 6.54 Å². The van der Waals surface area contributed by atoms with Crippen LogP contribution in [-0.4, -0.2) is 17.5 Å². The first-order chi connectivity index (χ1) is 11.4. The molecule has 2 rings (SSSR count). The lowest BCUT2D eigenvalue weighted by atomic mass is 10.2. The maximum atomic E-state index is 12.7. The van der Waals surface area contributed by atoms with E-state index in [2.05, 4.69) is 5.32 Å². The second-order valence-electron chi connectivity index (χ2n) is 4.92. The molecule has 8 heteroatoms. The molecule has 0 aliphatic heterocycles. The van der Waals surface area contributed by atoms with Gasteiger partial charge < -0.3 is 10.2 Å². The summed E-state index contributed by atoms with van der Waals surface area (Å²) in [6.07, 6.45) is -4.33. The summed E-state index contributed by atoms with van der Waals surface area (Å²) >= 11 is 1.46. The third-order valence-corrected chi connectivity index (χ3v) is 4.01. The van der Waals surface area contributed by atoms with Crippen molar-refractivity contribution in [3.8, 4) is 6.07 Å². The lowest BCUT2D eigenvalue weighted by molar-refractivity contribution is -0.137. The Labute approximate surface area is 141 Å². The predicted molar refractivity (Wildman–Crippen MR) is 85.4 cm³/mol. The number of halogens is 3. The molecule has 1 aromatic heterocycles. The van der Waals surface area contributed by atoms with Crippen molar-refractivity contribution in [1.29, 1.82) is 5.26 Å². The molecular formula is C16H14F3N3OS. The lowest BCUT2D eigenvalue weighted by Crippen LogP contribution is -2.35. The average molecular weight is 353 g/mol. The highest BCUT2D eigenvalue weighted by Gasteiger charge is 2.30. The van der Waals surface area contributed by atoms with E-state index in [9.17, 15) is 18.0 Å². The first-order valence-corrected chi connectivity index (χ1v) is 7.90. The number of alkyl halides is 3.